The van der Waals surface area contributed by atoms with Crippen LogP contribution >= 0.6 is 0 Å². The molecule has 4 rings (SSSR count). The third kappa shape index (κ3) is 3.77. The highest BCUT2D eigenvalue weighted by molar-refractivity contribution is 5.95. The average molecular weight is 397 g/mol. The van der Waals surface area contributed by atoms with E-state index in [0.717, 1.165) is 36.0 Å². The second-order valence-corrected chi connectivity index (χ2v) is 7.35. The molecular formula is C20H23N5O4. The van der Waals surface area contributed by atoms with Gasteiger partial charge in [-0.25, -0.2) is 9.97 Å². The van der Waals surface area contributed by atoms with Crippen molar-refractivity contribution in [1.29, 1.82) is 0 Å². The highest BCUT2D eigenvalue weighted by atomic mass is 16.6. The maximum atomic E-state index is 13.1. The first-order chi connectivity index (χ1) is 13.9. The first-order valence-electron chi connectivity index (χ1n) is 9.67. The van der Waals surface area contributed by atoms with Crippen LogP contribution in [-0.2, 0) is 17.7 Å². The summed E-state index contributed by atoms with van der Waals surface area (Å²) < 4.78 is 5.45. The molecule has 3 heterocycles. The van der Waals surface area contributed by atoms with Crippen molar-refractivity contribution >= 4 is 17.4 Å². The molecule has 1 aromatic heterocycles. The van der Waals surface area contributed by atoms with Gasteiger partial charge in [-0.15, -0.1) is 0 Å². The Bertz CT molecular complexity index is 972. The molecule has 1 amide bonds. The maximum absolute atomic E-state index is 13.1. The smallest absolute Gasteiger partial charge is 0.273 e. The maximum Gasteiger partial charge on any atom is 0.273 e. The zero-order valence-electron chi connectivity index (χ0n) is 16.6. The number of hydrogen-bond donors (Lipinski definition) is 0. The van der Waals surface area contributed by atoms with Crippen molar-refractivity contribution < 1.29 is 14.5 Å². The molecule has 2 aromatic rings. The Balaban J connectivity index is 1.63. The number of nitrogens with zero attached hydrogens (tertiary/aromatic N) is 5. The lowest BCUT2D eigenvalue weighted by Gasteiger charge is -2.34. The third-order valence-electron chi connectivity index (χ3n) is 5.40. The number of hydrogen-bond acceptors (Lipinski definition) is 7. The van der Waals surface area contributed by atoms with Gasteiger partial charge in [-0.1, -0.05) is 6.07 Å². The molecule has 0 N–H and O–H groups in total. The molecule has 1 fully saturated rings. The van der Waals surface area contributed by atoms with E-state index in [2.05, 4.69) is 14.9 Å². The zero-order valence-corrected chi connectivity index (χ0v) is 16.6. The lowest BCUT2D eigenvalue weighted by atomic mass is 10.0. The van der Waals surface area contributed by atoms with Crippen molar-refractivity contribution in [3.05, 3.63) is 56.5 Å². The Labute approximate surface area is 168 Å². The molecule has 0 aliphatic carbocycles. The molecule has 1 aromatic carbocycles. The molecule has 152 valence electrons. The van der Waals surface area contributed by atoms with Gasteiger partial charge >= 0.3 is 0 Å². The van der Waals surface area contributed by atoms with Gasteiger partial charge in [0.25, 0.3) is 11.6 Å². The van der Waals surface area contributed by atoms with Gasteiger partial charge in [-0.3, -0.25) is 14.9 Å². The lowest BCUT2D eigenvalue weighted by molar-refractivity contribution is -0.385. The topological polar surface area (TPSA) is 102 Å². The summed E-state index contributed by atoms with van der Waals surface area (Å²) in [7, 11) is 0. The van der Waals surface area contributed by atoms with Crippen LogP contribution in [0.1, 0.15) is 33.0 Å². The number of morpholine rings is 1. The van der Waals surface area contributed by atoms with Crippen LogP contribution in [0.15, 0.2) is 18.2 Å². The van der Waals surface area contributed by atoms with Gasteiger partial charge in [-0.2, -0.15) is 0 Å². The van der Waals surface area contributed by atoms with E-state index in [9.17, 15) is 14.9 Å². The Morgan fingerprint density at radius 3 is 2.66 bits per heavy atom. The Morgan fingerprint density at radius 1 is 1.17 bits per heavy atom. The second-order valence-electron chi connectivity index (χ2n) is 7.35. The number of aryl methyl sites for hydroxylation is 2. The summed E-state index contributed by atoms with van der Waals surface area (Å²) >= 11 is 0. The number of benzene rings is 1. The zero-order chi connectivity index (χ0) is 20.5. The Hall–Kier alpha value is -3.07. The van der Waals surface area contributed by atoms with Gasteiger partial charge < -0.3 is 14.5 Å². The second kappa shape index (κ2) is 7.75. The molecule has 0 radical (unpaired) electrons. The number of fused-ring (bicyclic) bond motifs is 1. The van der Waals surface area contributed by atoms with E-state index in [1.165, 1.54) is 6.07 Å². The van der Waals surface area contributed by atoms with E-state index < -0.39 is 4.92 Å². The molecule has 0 bridgehead atoms. The summed E-state index contributed by atoms with van der Waals surface area (Å²) in [5, 5.41) is 11.2. The average Bonchev–Trinajstić information content (AvgIpc) is 2.73. The fraction of sp³-hybridized carbons (Fsp3) is 0.450. The summed E-state index contributed by atoms with van der Waals surface area (Å²) in [6, 6.07) is 4.63. The van der Waals surface area contributed by atoms with Gasteiger partial charge in [0.2, 0.25) is 0 Å². The molecule has 1 saturated heterocycles. The minimum atomic E-state index is -0.454. The van der Waals surface area contributed by atoms with E-state index in [1.807, 2.05) is 6.92 Å². The third-order valence-corrected chi connectivity index (χ3v) is 5.40. The van der Waals surface area contributed by atoms with Crippen molar-refractivity contribution in [2.45, 2.75) is 26.8 Å². The molecule has 0 saturated carbocycles. The molecule has 2 aliphatic rings. The van der Waals surface area contributed by atoms with E-state index in [0.29, 0.717) is 43.9 Å². The van der Waals surface area contributed by atoms with Crippen LogP contribution in [0.4, 0.5) is 11.5 Å². The van der Waals surface area contributed by atoms with Crippen molar-refractivity contribution in [2.75, 3.05) is 37.7 Å². The van der Waals surface area contributed by atoms with Crippen LogP contribution < -0.4 is 4.90 Å². The summed E-state index contributed by atoms with van der Waals surface area (Å²) in [6.45, 7) is 7.25. The van der Waals surface area contributed by atoms with Gasteiger partial charge in [0.15, 0.2) is 0 Å². The number of anilines is 1. The van der Waals surface area contributed by atoms with Gasteiger partial charge in [0, 0.05) is 48.8 Å². The number of amides is 1. The number of carbonyl (C=O) groups is 1. The van der Waals surface area contributed by atoms with Crippen molar-refractivity contribution in [2.24, 2.45) is 0 Å². The molecule has 2 aliphatic heterocycles. The number of nitro groups is 1. The Kier molecular flexibility index (Phi) is 5.14. The summed E-state index contributed by atoms with van der Waals surface area (Å²) in [6.07, 6.45) is 0.635. The molecule has 0 unspecified atom stereocenters. The van der Waals surface area contributed by atoms with Crippen molar-refractivity contribution in [1.82, 2.24) is 14.9 Å². The van der Waals surface area contributed by atoms with E-state index in [1.54, 1.807) is 24.0 Å². The summed E-state index contributed by atoms with van der Waals surface area (Å²) in [5.74, 6) is 1.37. The van der Waals surface area contributed by atoms with Crippen LogP contribution in [0.3, 0.4) is 0 Å². The highest BCUT2D eigenvalue weighted by Gasteiger charge is 2.29. The van der Waals surface area contributed by atoms with Gasteiger partial charge in [0.05, 0.1) is 30.4 Å². The quantitative estimate of drug-likeness (QED) is 0.577. The fourth-order valence-corrected chi connectivity index (χ4v) is 3.85. The predicted molar refractivity (Wildman–Crippen MR) is 106 cm³/mol. The van der Waals surface area contributed by atoms with Crippen LogP contribution in [0.2, 0.25) is 0 Å². The van der Waals surface area contributed by atoms with Crippen LogP contribution in [0.25, 0.3) is 0 Å². The normalized spacial score (nSPS) is 16.5. The van der Waals surface area contributed by atoms with Crippen LogP contribution in [0, 0.1) is 24.0 Å². The van der Waals surface area contributed by atoms with Crippen LogP contribution in [-0.4, -0.2) is 58.5 Å². The predicted octanol–water partition coefficient (Wildman–Crippen LogP) is 2.04. The minimum Gasteiger partial charge on any atom is -0.378 e. The number of nitro benzene ring substituents is 1. The Morgan fingerprint density at radius 2 is 1.93 bits per heavy atom. The molecule has 9 heteroatoms. The molecule has 9 nitrogen and oxygen atoms in total. The monoisotopic (exact) mass is 397 g/mol. The number of aromatic nitrogens is 2. The van der Waals surface area contributed by atoms with Gasteiger partial charge in [0.1, 0.15) is 11.6 Å². The van der Waals surface area contributed by atoms with Crippen molar-refractivity contribution in [3.8, 4) is 0 Å². The summed E-state index contributed by atoms with van der Waals surface area (Å²) in [5.41, 5.74) is 2.75. The molecular weight excluding hydrogens is 374 g/mol. The van der Waals surface area contributed by atoms with Crippen molar-refractivity contribution in [3.63, 3.8) is 0 Å². The molecule has 0 spiro atoms. The minimum absolute atomic E-state index is 0.0405. The number of carbonyl (C=O) groups excluding carboxylic acids is 1. The first-order valence-corrected chi connectivity index (χ1v) is 9.67. The first kappa shape index (κ1) is 19.3. The molecule has 29 heavy (non-hydrogen) atoms. The van der Waals surface area contributed by atoms with E-state index in [-0.39, 0.29) is 11.6 Å². The standard InChI is InChI=1S/C20H23N5O4/c1-13-3-4-15(11-18(13)25(27)28)20(26)24-6-5-17-16(12-24)19(22-14(2)21-17)23-7-9-29-10-8-23/h3-4,11H,5-10,12H2,1-2H3. The summed E-state index contributed by atoms with van der Waals surface area (Å²) in [4.78, 5) is 37.0. The SMILES string of the molecule is Cc1nc2c(c(N3CCOCC3)n1)CN(C(=O)c1ccc(C)c([N+](=O)[O-])c1)CC2. The lowest BCUT2D eigenvalue weighted by Crippen LogP contribution is -2.41. The van der Waals surface area contributed by atoms with E-state index >= 15 is 0 Å². The largest absolute Gasteiger partial charge is 0.378 e. The number of ether oxygens (including phenoxy) is 1. The highest BCUT2D eigenvalue weighted by Crippen LogP contribution is 2.29. The molecule has 0 atom stereocenters. The van der Waals surface area contributed by atoms with Crippen LogP contribution in [0.5, 0.6) is 0 Å². The van der Waals surface area contributed by atoms with E-state index in [4.69, 9.17) is 4.74 Å². The number of rotatable bonds is 3. The fourth-order valence-electron chi connectivity index (χ4n) is 3.85. The van der Waals surface area contributed by atoms with Gasteiger partial charge in [-0.05, 0) is 19.9 Å².